The molecule has 3 heteroatoms. The third-order valence-corrected chi connectivity index (χ3v) is 5.84. The minimum atomic E-state index is -0.184. The molecule has 1 fully saturated rings. The van der Waals surface area contributed by atoms with Gasteiger partial charge >= 0.3 is 0 Å². The molecule has 1 heterocycles. The molecule has 1 aromatic rings. The van der Waals surface area contributed by atoms with Crippen molar-refractivity contribution in [3.63, 3.8) is 0 Å². The number of amides is 1. The molecule has 2 aliphatic rings. The average molecular weight is 327 g/mol. The third-order valence-electron chi connectivity index (χ3n) is 5.84. The normalized spacial score (nSPS) is 22.5. The highest BCUT2D eigenvalue weighted by molar-refractivity contribution is 5.79. The largest absolute Gasteiger partial charge is 0.332 e. The molecule has 0 N–H and O–H groups in total. The minimum absolute atomic E-state index is 0.178. The van der Waals surface area contributed by atoms with Gasteiger partial charge in [-0.3, -0.25) is 4.79 Å². The van der Waals surface area contributed by atoms with E-state index in [4.69, 9.17) is 0 Å². The maximum Gasteiger partial charge on any atom is 0.223 e. The fraction of sp³-hybridized carbons (Fsp3) is 0.619. The van der Waals surface area contributed by atoms with E-state index in [1.165, 1.54) is 12.0 Å². The van der Waals surface area contributed by atoms with Gasteiger partial charge in [0.15, 0.2) is 0 Å². The summed E-state index contributed by atoms with van der Waals surface area (Å²) in [5.41, 5.74) is 2.19. The SMILES string of the molecule is CC(C)CCC(=O)N1CC(C=O)c2ccccc2C12CCCCC2. The van der Waals surface area contributed by atoms with Crippen LogP contribution in [0.15, 0.2) is 24.3 Å². The molecule has 24 heavy (non-hydrogen) atoms. The van der Waals surface area contributed by atoms with E-state index in [2.05, 4.69) is 36.9 Å². The van der Waals surface area contributed by atoms with Gasteiger partial charge in [0, 0.05) is 13.0 Å². The van der Waals surface area contributed by atoms with E-state index >= 15 is 0 Å². The van der Waals surface area contributed by atoms with Crippen molar-refractivity contribution in [3.8, 4) is 0 Å². The topological polar surface area (TPSA) is 37.4 Å². The number of carbonyl (C=O) groups is 2. The summed E-state index contributed by atoms with van der Waals surface area (Å²) < 4.78 is 0. The second-order valence-corrected chi connectivity index (χ2v) is 7.86. The van der Waals surface area contributed by atoms with Crippen LogP contribution in [0.2, 0.25) is 0 Å². The highest BCUT2D eigenvalue weighted by atomic mass is 16.2. The van der Waals surface area contributed by atoms with E-state index < -0.39 is 0 Å². The Hall–Kier alpha value is -1.64. The Morgan fingerprint density at radius 1 is 1.25 bits per heavy atom. The monoisotopic (exact) mass is 327 g/mol. The summed E-state index contributed by atoms with van der Waals surface area (Å²) >= 11 is 0. The number of nitrogens with zero attached hydrogens (tertiary/aromatic N) is 1. The lowest BCUT2D eigenvalue weighted by atomic mass is 9.69. The molecule has 1 aliphatic carbocycles. The highest BCUT2D eigenvalue weighted by Gasteiger charge is 2.47. The number of aldehydes is 1. The number of fused-ring (bicyclic) bond motifs is 2. The summed E-state index contributed by atoms with van der Waals surface area (Å²) in [6, 6.07) is 8.31. The van der Waals surface area contributed by atoms with Gasteiger partial charge in [0.2, 0.25) is 5.91 Å². The maximum atomic E-state index is 13.1. The molecular weight excluding hydrogens is 298 g/mol. The summed E-state index contributed by atoms with van der Waals surface area (Å²) in [7, 11) is 0. The summed E-state index contributed by atoms with van der Waals surface area (Å²) in [5.74, 6) is 0.568. The van der Waals surface area contributed by atoms with Gasteiger partial charge in [-0.15, -0.1) is 0 Å². The van der Waals surface area contributed by atoms with Gasteiger partial charge in [-0.25, -0.2) is 0 Å². The van der Waals surface area contributed by atoms with E-state index in [0.717, 1.165) is 44.0 Å². The van der Waals surface area contributed by atoms with Crippen LogP contribution in [-0.2, 0) is 15.1 Å². The molecule has 1 spiro atoms. The van der Waals surface area contributed by atoms with Gasteiger partial charge in [-0.1, -0.05) is 57.4 Å². The minimum Gasteiger partial charge on any atom is -0.332 e. The number of hydrogen-bond donors (Lipinski definition) is 0. The Morgan fingerprint density at radius 2 is 1.96 bits per heavy atom. The first-order valence-corrected chi connectivity index (χ1v) is 9.43. The number of benzene rings is 1. The van der Waals surface area contributed by atoms with Crippen molar-refractivity contribution in [2.45, 2.75) is 70.3 Å². The molecule has 1 saturated carbocycles. The maximum absolute atomic E-state index is 13.1. The molecule has 1 aliphatic heterocycles. The predicted octanol–water partition coefficient (Wildman–Crippen LogP) is 4.41. The van der Waals surface area contributed by atoms with Crippen LogP contribution in [0.1, 0.15) is 75.8 Å². The average Bonchev–Trinajstić information content (AvgIpc) is 2.61. The van der Waals surface area contributed by atoms with Crippen LogP contribution in [-0.4, -0.2) is 23.6 Å². The fourth-order valence-electron chi connectivity index (χ4n) is 4.54. The Bertz CT molecular complexity index is 602. The molecule has 0 saturated heterocycles. The van der Waals surface area contributed by atoms with Crippen LogP contribution in [0.4, 0.5) is 0 Å². The van der Waals surface area contributed by atoms with Gasteiger partial charge in [0.05, 0.1) is 11.5 Å². The van der Waals surface area contributed by atoms with Crippen molar-refractivity contribution in [2.24, 2.45) is 5.92 Å². The fourth-order valence-corrected chi connectivity index (χ4v) is 4.54. The van der Waals surface area contributed by atoms with Crippen LogP contribution >= 0.6 is 0 Å². The molecule has 1 unspecified atom stereocenters. The van der Waals surface area contributed by atoms with Crippen LogP contribution < -0.4 is 0 Å². The molecule has 0 bridgehead atoms. The first kappa shape index (κ1) is 17.2. The van der Waals surface area contributed by atoms with Crippen LogP contribution in [0, 0.1) is 5.92 Å². The van der Waals surface area contributed by atoms with Crippen molar-refractivity contribution in [1.82, 2.24) is 4.90 Å². The van der Waals surface area contributed by atoms with Crippen molar-refractivity contribution in [2.75, 3.05) is 6.54 Å². The lowest BCUT2D eigenvalue weighted by molar-refractivity contribution is -0.142. The second-order valence-electron chi connectivity index (χ2n) is 7.86. The van der Waals surface area contributed by atoms with Gasteiger partial charge in [0.25, 0.3) is 0 Å². The number of rotatable bonds is 4. The zero-order chi connectivity index (χ0) is 17.2. The quantitative estimate of drug-likeness (QED) is 0.768. The van der Waals surface area contributed by atoms with E-state index in [9.17, 15) is 9.59 Å². The third kappa shape index (κ3) is 3.01. The molecule has 1 atom stereocenters. The first-order chi connectivity index (χ1) is 11.6. The Balaban J connectivity index is 2.00. The van der Waals surface area contributed by atoms with E-state index in [1.807, 2.05) is 6.07 Å². The van der Waals surface area contributed by atoms with Gasteiger partial charge in [-0.05, 0) is 36.3 Å². The molecule has 0 aromatic heterocycles. The smallest absolute Gasteiger partial charge is 0.223 e. The second kappa shape index (κ2) is 7.08. The Morgan fingerprint density at radius 3 is 2.62 bits per heavy atom. The van der Waals surface area contributed by atoms with Crippen LogP contribution in [0.25, 0.3) is 0 Å². The molecule has 130 valence electrons. The summed E-state index contributed by atoms with van der Waals surface area (Å²) in [5, 5.41) is 0. The van der Waals surface area contributed by atoms with Crippen LogP contribution in [0.5, 0.6) is 0 Å². The van der Waals surface area contributed by atoms with Gasteiger partial charge < -0.3 is 9.69 Å². The molecule has 0 radical (unpaired) electrons. The van der Waals surface area contributed by atoms with Gasteiger partial charge in [0.1, 0.15) is 6.29 Å². The Labute approximate surface area is 145 Å². The highest BCUT2D eigenvalue weighted by Crippen LogP contribution is 2.48. The summed E-state index contributed by atoms with van der Waals surface area (Å²) in [4.78, 5) is 26.8. The van der Waals surface area contributed by atoms with Crippen molar-refractivity contribution < 1.29 is 9.59 Å². The zero-order valence-corrected chi connectivity index (χ0v) is 15.0. The van der Waals surface area contributed by atoms with Crippen LogP contribution in [0.3, 0.4) is 0 Å². The molecular formula is C21H29NO2. The molecule has 3 rings (SSSR count). The van der Waals surface area contributed by atoms with E-state index in [0.29, 0.717) is 18.9 Å². The predicted molar refractivity (Wildman–Crippen MR) is 95.8 cm³/mol. The van der Waals surface area contributed by atoms with E-state index in [1.54, 1.807) is 0 Å². The number of carbonyl (C=O) groups excluding carboxylic acids is 2. The lowest BCUT2D eigenvalue weighted by Gasteiger charge is -2.52. The zero-order valence-electron chi connectivity index (χ0n) is 15.0. The lowest BCUT2D eigenvalue weighted by Crippen LogP contribution is -2.55. The summed E-state index contributed by atoms with van der Waals surface area (Å²) in [6.45, 7) is 4.87. The van der Waals surface area contributed by atoms with Crippen molar-refractivity contribution >= 4 is 12.2 Å². The number of hydrogen-bond acceptors (Lipinski definition) is 2. The van der Waals surface area contributed by atoms with Crippen molar-refractivity contribution in [1.29, 1.82) is 0 Å². The standard InChI is InChI=1S/C21H29NO2/c1-16(2)10-11-20(24)22-14-17(15-23)18-8-4-5-9-19(18)21(22)12-6-3-7-13-21/h4-5,8-9,15-17H,3,6-7,10-14H2,1-2H3. The summed E-state index contributed by atoms with van der Waals surface area (Å²) in [6.07, 6.45) is 8.16. The van der Waals surface area contributed by atoms with Gasteiger partial charge in [-0.2, -0.15) is 0 Å². The van der Waals surface area contributed by atoms with E-state index in [-0.39, 0.29) is 17.4 Å². The van der Waals surface area contributed by atoms with Crippen molar-refractivity contribution in [3.05, 3.63) is 35.4 Å². The molecule has 3 nitrogen and oxygen atoms in total. The molecule has 1 amide bonds. The first-order valence-electron chi connectivity index (χ1n) is 9.43. The Kier molecular flexibility index (Phi) is 5.07. The molecule has 1 aromatic carbocycles.